The van der Waals surface area contributed by atoms with E-state index in [0.29, 0.717) is 0 Å². The molecule has 1 aromatic heterocycles. The molecule has 4 heteroatoms. The fraction of sp³-hybridized carbons (Fsp3) is 0. The van der Waals surface area contributed by atoms with Crippen molar-refractivity contribution in [3.8, 4) is 22.6 Å². The highest BCUT2D eigenvalue weighted by molar-refractivity contribution is 7.19. The summed E-state index contributed by atoms with van der Waals surface area (Å²) in [4.78, 5) is 3.40. The summed E-state index contributed by atoms with van der Waals surface area (Å²) >= 11 is 1.72. The fourth-order valence-corrected chi connectivity index (χ4v) is 4.21. The Morgan fingerprint density at radius 3 is 1.80 bits per heavy atom. The van der Waals surface area contributed by atoms with E-state index in [1.165, 1.54) is 0 Å². The lowest BCUT2D eigenvalue weighted by Gasteiger charge is -2.23. The lowest BCUT2D eigenvalue weighted by Crippen LogP contribution is -2.07. The first-order valence-corrected chi connectivity index (χ1v) is 10.2. The molecule has 0 N–H and O–H groups in total. The van der Waals surface area contributed by atoms with Crippen molar-refractivity contribution in [3.63, 3.8) is 0 Å². The quantitative estimate of drug-likeness (QED) is 0.328. The van der Waals surface area contributed by atoms with E-state index >= 15 is 0 Å². The first-order valence-electron chi connectivity index (χ1n) is 9.41. The number of anilines is 3. The van der Waals surface area contributed by atoms with Crippen LogP contribution in [-0.4, -0.2) is 0 Å². The van der Waals surface area contributed by atoms with E-state index in [9.17, 15) is 0 Å². The molecule has 0 radical (unpaired) electrons. The molecule has 1 heterocycles. The summed E-state index contributed by atoms with van der Waals surface area (Å²) in [6.45, 7) is 0. The molecule has 0 amide bonds. The van der Waals surface area contributed by atoms with E-state index in [-0.39, 0.29) is 5.57 Å². The van der Waals surface area contributed by atoms with Gasteiger partial charge in [-0.25, -0.2) is 0 Å². The molecule has 0 unspecified atom stereocenters. The van der Waals surface area contributed by atoms with Crippen LogP contribution < -0.4 is 4.90 Å². The largest absolute Gasteiger partial charge is 0.302 e. The van der Waals surface area contributed by atoms with Crippen molar-refractivity contribution in [2.24, 2.45) is 0 Å². The first kappa shape index (κ1) is 19.2. The Balaban J connectivity index is 1.68. The van der Waals surface area contributed by atoms with Gasteiger partial charge in [-0.3, -0.25) is 0 Å². The molecule has 3 aromatic carbocycles. The van der Waals surface area contributed by atoms with Crippen LogP contribution >= 0.6 is 11.3 Å². The van der Waals surface area contributed by atoms with Gasteiger partial charge in [0, 0.05) is 16.3 Å². The van der Waals surface area contributed by atoms with Gasteiger partial charge in [-0.05, 0) is 53.6 Å². The molecule has 142 valence electrons. The van der Waals surface area contributed by atoms with E-state index < -0.39 is 0 Å². The average Bonchev–Trinajstić information content (AvgIpc) is 3.29. The van der Waals surface area contributed by atoms with Crippen LogP contribution in [0.25, 0.3) is 16.5 Å². The summed E-state index contributed by atoms with van der Waals surface area (Å²) in [5, 5.41) is 19.0. The van der Waals surface area contributed by atoms with Crippen molar-refractivity contribution in [2.45, 2.75) is 0 Å². The molecule has 0 saturated carbocycles. The number of hydrogen-bond donors (Lipinski definition) is 0. The van der Waals surface area contributed by atoms with E-state index in [4.69, 9.17) is 10.5 Å². The maximum atomic E-state index is 8.92. The third-order valence-electron chi connectivity index (χ3n) is 4.59. The normalized spacial score (nSPS) is 9.93. The Morgan fingerprint density at radius 2 is 1.27 bits per heavy atom. The lowest BCUT2D eigenvalue weighted by molar-refractivity contribution is 1.32. The minimum absolute atomic E-state index is 0.0996. The molecule has 3 nitrogen and oxygen atoms in total. The second kappa shape index (κ2) is 8.92. The van der Waals surface area contributed by atoms with E-state index in [2.05, 4.69) is 41.3 Å². The number of hydrogen-bond acceptors (Lipinski definition) is 4. The molecule has 0 aliphatic carbocycles. The highest BCUT2D eigenvalue weighted by Crippen LogP contribution is 2.41. The molecule has 0 aliphatic heterocycles. The molecule has 30 heavy (non-hydrogen) atoms. The second-order valence-electron chi connectivity index (χ2n) is 6.55. The van der Waals surface area contributed by atoms with Crippen LogP contribution in [0.15, 0.2) is 103 Å². The van der Waals surface area contributed by atoms with Gasteiger partial charge in [-0.1, -0.05) is 60.7 Å². The molecule has 4 aromatic rings. The highest BCUT2D eigenvalue weighted by Gasteiger charge is 2.14. The highest BCUT2D eigenvalue weighted by atomic mass is 32.1. The summed E-state index contributed by atoms with van der Waals surface area (Å²) in [7, 11) is 0. The number of allylic oxidation sites excluding steroid dienone is 1. The molecule has 4 rings (SSSR count). The Morgan fingerprint density at radius 1 is 0.700 bits per heavy atom. The maximum Gasteiger partial charge on any atom is 0.130 e. The van der Waals surface area contributed by atoms with Gasteiger partial charge in [-0.15, -0.1) is 11.3 Å². The predicted octanol–water partition coefficient (Wildman–Crippen LogP) is 7.32. The number of thiophene rings is 1. The Bertz CT molecular complexity index is 1190. The number of benzene rings is 3. The molecular weight excluding hydrogens is 386 g/mol. The van der Waals surface area contributed by atoms with E-state index in [0.717, 1.165) is 32.4 Å². The molecule has 0 spiro atoms. The van der Waals surface area contributed by atoms with Gasteiger partial charge < -0.3 is 4.90 Å². The third kappa shape index (κ3) is 4.15. The Labute approximate surface area is 180 Å². The van der Waals surface area contributed by atoms with Gasteiger partial charge in [0.25, 0.3) is 0 Å². The Kier molecular flexibility index (Phi) is 5.71. The van der Waals surface area contributed by atoms with E-state index in [1.54, 1.807) is 17.4 Å². The van der Waals surface area contributed by atoms with Gasteiger partial charge in [0.15, 0.2) is 0 Å². The van der Waals surface area contributed by atoms with Gasteiger partial charge in [0.05, 0.1) is 0 Å². The van der Waals surface area contributed by atoms with Gasteiger partial charge in [0.2, 0.25) is 0 Å². The zero-order valence-corrected chi connectivity index (χ0v) is 16.9. The summed E-state index contributed by atoms with van der Waals surface area (Å²) in [5.41, 5.74) is 4.25. The zero-order valence-electron chi connectivity index (χ0n) is 16.1. The fourth-order valence-electron chi connectivity index (χ4n) is 3.16. The molecule has 0 atom stereocenters. The monoisotopic (exact) mass is 403 g/mol. The zero-order chi connectivity index (χ0) is 20.8. The van der Waals surface area contributed by atoms with Crippen LogP contribution in [-0.2, 0) is 0 Å². The summed E-state index contributed by atoms with van der Waals surface area (Å²) in [6.07, 6.45) is 1.59. The van der Waals surface area contributed by atoms with Gasteiger partial charge in [0.1, 0.15) is 22.7 Å². The van der Waals surface area contributed by atoms with Crippen molar-refractivity contribution in [2.75, 3.05) is 4.90 Å². The molecular formula is C26H17N3S. The van der Waals surface area contributed by atoms with Crippen molar-refractivity contribution in [3.05, 3.63) is 108 Å². The van der Waals surface area contributed by atoms with E-state index in [1.807, 2.05) is 72.8 Å². The minimum atomic E-state index is 0.0996. The van der Waals surface area contributed by atoms with Crippen LogP contribution in [0.2, 0.25) is 0 Å². The van der Waals surface area contributed by atoms with Crippen molar-refractivity contribution in [1.82, 2.24) is 0 Å². The average molecular weight is 404 g/mol. The maximum absolute atomic E-state index is 8.92. The number of nitrogens with zero attached hydrogens (tertiary/aromatic N) is 3. The molecule has 0 bridgehead atoms. The van der Waals surface area contributed by atoms with Crippen LogP contribution in [0.4, 0.5) is 16.4 Å². The SMILES string of the molecule is N#CC(C#N)=Cc1ccc(-c2ccc(N(c3ccccc3)c3ccccc3)s2)cc1. The number of rotatable bonds is 5. The minimum Gasteiger partial charge on any atom is -0.302 e. The van der Waals surface area contributed by atoms with Gasteiger partial charge in [-0.2, -0.15) is 10.5 Å². The van der Waals surface area contributed by atoms with Crippen molar-refractivity contribution < 1.29 is 0 Å². The molecule has 0 saturated heterocycles. The van der Waals surface area contributed by atoms with Crippen molar-refractivity contribution >= 4 is 33.8 Å². The summed E-state index contributed by atoms with van der Waals surface area (Å²) in [6, 6.07) is 36.6. The summed E-state index contributed by atoms with van der Waals surface area (Å²) in [5.74, 6) is 0. The van der Waals surface area contributed by atoms with Crippen molar-refractivity contribution in [1.29, 1.82) is 10.5 Å². The van der Waals surface area contributed by atoms with Crippen LogP contribution in [0.3, 0.4) is 0 Å². The smallest absolute Gasteiger partial charge is 0.130 e. The molecule has 0 aliphatic rings. The molecule has 0 fully saturated rings. The Hall–Kier alpha value is -4.12. The van der Waals surface area contributed by atoms with Crippen LogP contribution in [0, 0.1) is 22.7 Å². The summed E-state index contributed by atoms with van der Waals surface area (Å²) < 4.78 is 0. The van der Waals surface area contributed by atoms with Gasteiger partial charge >= 0.3 is 0 Å². The number of para-hydroxylation sites is 2. The standard InChI is InChI=1S/C26H17N3S/c27-18-21(19-28)17-20-11-13-22(14-12-20)25-15-16-26(30-25)29(23-7-3-1-4-8-23)24-9-5-2-6-10-24/h1-17H. The third-order valence-corrected chi connectivity index (χ3v) is 5.71. The number of nitriles is 2. The van der Waals surface area contributed by atoms with Crippen LogP contribution in [0.5, 0.6) is 0 Å². The predicted molar refractivity (Wildman–Crippen MR) is 124 cm³/mol. The lowest BCUT2D eigenvalue weighted by atomic mass is 10.1. The van der Waals surface area contributed by atoms with Crippen LogP contribution in [0.1, 0.15) is 5.56 Å². The topological polar surface area (TPSA) is 50.8 Å². The first-order chi connectivity index (χ1) is 14.8. The second-order valence-corrected chi connectivity index (χ2v) is 7.61.